The van der Waals surface area contributed by atoms with Crippen LogP contribution < -0.4 is 0 Å². The summed E-state index contributed by atoms with van der Waals surface area (Å²) in [7, 11) is -1.06. The number of hydroxylamine groups is 2. The van der Waals surface area contributed by atoms with Crippen LogP contribution in [0.15, 0.2) is 12.7 Å². The lowest BCUT2D eigenvalue weighted by Gasteiger charge is -2.45. The molecular weight excluding hydrogens is 270 g/mol. The fraction of sp³-hybridized carbons (Fsp3) is 0.875. The first kappa shape index (κ1) is 18.0. The summed E-state index contributed by atoms with van der Waals surface area (Å²) in [5.41, 5.74) is 0.141. The third-order valence-electron chi connectivity index (χ3n) is 4.70. The summed E-state index contributed by atoms with van der Waals surface area (Å²) in [6, 6.07) is 0. The standard InChI is InChI=1S/C16H33NO2S/c1-7-9-16(10-8-12-17(18)14-16)11-13-19-20(5,6)15(2,3)4/h7,18H,1,8-14H2,2-6H3/t16-/m1/s1. The second kappa shape index (κ2) is 6.82. The van der Waals surface area contributed by atoms with Crippen molar-refractivity contribution in [2.24, 2.45) is 5.41 Å². The molecule has 0 amide bonds. The summed E-state index contributed by atoms with van der Waals surface area (Å²) in [5.74, 6) is 0. The van der Waals surface area contributed by atoms with Crippen LogP contribution in [0.1, 0.15) is 46.5 Å². The van der Waals surface area contributed by atoms with Crippen molar-refractivity contribution in [2.75, 3.05) is 32.2 Å². The topological polar surface area (TPSA) is 32.7 Å². The quantitative estimate of drug-likeness (QED) is 0.746. The number of allylic oxidation sites excluding steroid dienone is 1. The average Bonchev–Trinajstić information content (AvgIpc) is 2.27. The van der Waals surface area contributed by atoms with Crippen LogP contribution in [0, 0.1) is 5.41 Å². The summed E-state index contributed by atoms with van der Waals surface area (Å²) in [6.07, 6.45) is 10.6. The van der Waals surface area contributed by atoms with E-state index in [1.54, 1.807) is 0 Å². The normalized spacial score (nSPS) is 26.5. The SMILES string of the molecule is C=CC[C@]1(CCOS(C)(C)C(C)(C)C)CCCN(O)C1. The van der Waals surface area contributed by atoms with Gasteiger partial charge < -0.3 is 9.39 Å². The molecule has 1 aliphatic heterocycles. The van der Waals surface area contributed by atoms with Gasteiger partial charge in [-0.15, -0.1) is 16.9 Å². The lowest BCUT2D eigenvalue weighted by atomic mass is 9.75. The molecule has 0 radical (unpaired) electrons. The van der Waals surface area contributed by atoms with Crippen LogP contribution in [0.5, 0.6) is 0 Å². The second-order valence-corrected chi connectivity index (χ2v) is 11.3. The molecular formula is C16H33NO2S. The fourth-order valence-corrected chi connectivity index (χ4v) is 3.46. The van der Waals surface area contributed by atoms with Gasteiger partial charge in [-0.05, 0) is 43.6 Å². The number of piperidine rings is 1. The Morgan fingerprint density at radius 1 is 1.40 bits per heavy atom. The Morgan fingerprint density at radius 2 is 2.05 bits per heavy atom. The number of hydrogen-bond donors (Lipinski definition) is 1. The Labute approximate surface area is 126 Å². The van der Waals surface area contributed by atoms with E-state index in [9.17, 15) is 5.21 Å². The Bertz CT molecular complexity index is 325. The van der Waals surface area contributed by atoms with Crippen LogP contribution in [-0.4, -0.2) is 47.2 Å². The Balaban J connectivity index is 2.58. The van der Waals surface area contributed by atoms with Crippen LogP contribution in [0.2, 0.25) is 0 Å². The van der Waals surface area contributed by atoms with Crippen molar-refractivity contribution in [3.05, 3.63) is 12.7 Å². The minimum Gasteiger partial charge on any atom is -0.337 e. The van der Waals surface area contributed by atoms with Crippen LogP contribution in [-0.2, 0) is 4.18 Å². The summed E-state index contributed by atoms with van der Waals surface area (Å²) >= 11 is 0. The fourth-order valence-electron chi connectivity index (χ4n) is 2.60. The highest BCUT2D eigenvalue weighted by atomic mass is 32.3. The summed E-state index contributed by atoms with van der Waals surface area (Å²) in [6.45, 7) is 12.9. The molecule has 1 atom stereocenters. The molecule has 0 aromatic heterocycles. The van der Waals surface area contributed by atoms with Crippen LogP contribution in [0.25, 0.3) is 0 Å². The highest BCUT2D eigenvalue weighted by Crippen LogP contribution is 2.54. The van der Waals surface area contributed by atoms with Crippen molar-refractivity contribution in [1.29, 1.82) is 0 Å². The molecule has 1 aliphatic rings. The third-order valence-corrected chi connectivity index (χ3v) is 8.41. The van der Waals surface area contributed by atoms with Gasteiger partial charge >= 0.3 is 0 Å². The van der Waals surface area contributed by atoms with Gasteiger partial charge in [-0.1, -0.05) is 26.8 Å². The van der Waals surface area contributed by atoms with Crippen LogP contribution in [0.3, 0.4) is 0 Å². The largest absolute Gasteiger partial charge is 0.337 e. The van der Waals surface area contributed by atoms with E-state index in [0.29, 0.717) is 0 Å². The maximum Gasteiger partial charge on any atom is 0.0598 e. The molecule has 4 heteroatoms. The predicted octanol–water partition coefficient (Wildman–Crippen LogP) is 4.22. The molecule has 0 saturated carbocycles. The molecule has 1 fully saturated rings. The van der Waals surface area contributed by atoms with Crippen molar-refractivity contribution < 1.29 is 9.39 Å². The molecule has 3 nitrogen and oxygen atoms in total. The van der Waals surface area contributed by atoms with E-state index in [-0.39, 0.29) is 10.2 Å². The zero-order chi connectivity index (χ0) is 15.4. The smallest absolute Gasteiger partial charge is 0.0598 e. The first-order valence-electron chi connectivity index (χ1n) is 7.54. The molecule has 0 spiro atoms. The van der Waals surface area contributed by atoms with E-state index in [1.165, 1.54) is 5.06 Å². The molecule has 20 heavy (non-hydrogen) atoms. The van der Waals surface area contributed by atoms with Crippen molar-refractivity contribution in [1.82, 2.24) is 5.06 Å². The Morgan fingerprint density at radius 3 is 2.55 bits per heavy atom. The third kappa shape index (κ3) is 4.76. The molecule has 0 aliphatic carbocycles. The minimum atomic E-state index is -1.06. The van der Waals surface area contributed by atoms with Gasteiger partial charge in [0.05, 0.1) is 6.61 Å². The average molecular weight is 304 g/mol. The van der Waals surface area contributed by atoms with Gasteiger partial charge in [-0.25, -0.2) is 0 Å². The van der Waals surface area contributed by atoms with E-state index < -0.39 is 10.3 Å². The monoisotopic (exact) mass is 303 g/mol. The van der Waals surface area contributed by atoms with E-state index in [4.69, 9.17) is 4.18 Å². The number of nitrogens with zero attached hydrogens (tertiary/aromatic N) is 1. The van der Waals surface area contributed by atoms with E-state index in [1.807, 2.05) is 6.08 Å². The van der Waals surface area contributed by atoms with E-state index in [0.717, 1.165) is 45.4 Å². The first-order valence-corrected chi connectivity index (χ1v) is 9.91. The molecule has 1 saturated heterocycles. The highest BCUT2D eigenvalue weighted by Gasteiger charge is 2.35. The summed E-state index contributed by atoms with van der Waals surface area (Å²) in [4.78, 5) is 0. The van der Waals surface area contributed by atoms with Gasteiger partial charge in [-0.3, -0.25) is 0 Å². The minimum absolute atomic E-state index is 0.141. The van der Waals surface area contributed by atoms with Gasteiger partial charge in [0.25, 0.3) is 0 Å². The number of rotatable bonds is 6. The number of hydrogen-bond acceptors (Lipinski definition) is 3. The van der Waals surface area contributed by atoms with Crippen molar-refractivity contribution in [2.45, 2.75) is 51.2 Å². The summed E-state index contributed by atoms with van der Waals surface area (Å²) < 4.78 is 6.45. The lowest BCUT2D eigenvalue weighted by Crippen LogP contribution is -2.42. The van der Waals surface area contributed by atoms with Gasteiger partial charge in [0.15, 0.2) is 0 Å². The molecule has 0 unspecified atom stereocenters. The zero-order valence-corrected chi connectivity index (χ0v) is 14.8. The first-order chi connectivity index (χ1) is 9.12. The van der Waals surface area contributed by atoms with E-state index >= 15 is 0 Å². The molecule has 0 aromatic rings. The van der Waals surface area contributed by atoms with Gasteiger partial charge in [0.2, 0.25) is 0 Å². The van der Waals surface area contributed by atoms with Crippen LogP contribution >= 0.6 is 10.3 Å². The maximum absolute atomic E-state index is 9.82. The summed E-state index contributed by atoms with van der Waals surface area (Å²) in [5, 5.41) is 11.3. The molecule has 1 heterocycles. The zero-order valence-electron chi connectivity index (χ0n) is 13.9. The molecule has 0 aromatic carbocycles. The predicted molar refractivity (Wildman–Crippen MR) is 89.6 cm³/mol. The molecule has 1 rings (SSSR count). The van der Waals surface area contributed by atoms with Gasteiger partial charge in [0.1, 0.15) is 0 Å². The molecule has 1 N–H and O–H groups in total. The maximum atomic E-state index is 9.82. The van der Waals surface area contributed by atoms with Gasteiger partial charge in [0, 0.05) is 17.8 Å². The Hall–Kier alpha value is -0.0300. The van der Waals surface area contributed by atoms with Crippen molar-refractivity contribution >= 4 is 10.3 Å². The van der Waals surface area contributed by atoms with Gasteiger partial charge in [-0.2, -0.15) is 5.06 Å². The lowest BCUT2D eigenvalue weighted by molar-refractivity contribution is -0.141. The highest BCUT2D eigenvalue weighted by molar-refractivity contribution is 8.29. The Kier molecular flexibility index (Phi) is 6.14. The second-order valence-electron chi connectivity index (χ2n) is 7.40. The van der Waals surface area contributed by atoms with Crippen LogP contribution in [0.4, 0.5) is 0 Å². The molecule has 120 valence electrons. The van der Waals surface area contributed by atoms with Crippen molar-refractivity contribution in [3.63, 3.8) is 0 Å². The van der Waals surface area contributed by atoms with E-state index in [2.05, 4.69) is 39.9 Å². The molecule has 0 bridgehead atoms. The van der Waals surface area contributed by atoms with Crippen molar-refractivity contribution in [3.8, 4) is 0 Å².